The van der Waals surface area contributed by atoms with Crippen molar-refractivity contribution in [1.29, 1.82) is 0 Å². The van der Waals surface area contributed by atoms with E-state index < -0.39 is 6.03 Å². The summed E-state index contributed by atoms with van der Waals surface area (Å²) in [6, 6.07) is -0.739. The first-order valence-corrected chi connectivity index (χ1v) is 4.45. The Morgan fingerprint density at radius 2 is 2.00 bits per heavy atom. The second kappa shape index (κ2) is 6.65. The van der Waals surface area contributed by atoms with E-state index in [-0.39, 0.29) is 41.5 Å². The van der Waals surface area contributed by atoms with E-state index in [0.717, 1.165) is 12.8 Å². The Labute approximate surface area is 104 Å². The van der Waals surface area contributed by atoms with Gasteiger partial charge in [-0.25, -0.2) is 4.79 Å². The summed E-state index contributed by atoms with van der Waals surface area (Å²) in [5.41, 5.74) is 0. The number of hydrogen-bond acceptors (Lipinski definition) is 2. The van der Waals surface area contributed by atoms with Gasteiger partial charge in [-0.15, -0.1) is 11.6 Å². The molecule has 4 nitrogen and oxygen atoms in total. The third-order valence-electron chi connectivity index (χ3n) is 1.73. The second-order valence-electron chi connectivity index (χ2n) is 2.70. The Bertz CT molecular complexity index is 201. The van der Waals surface area contributed by atoms with Crippen LogP contribution in [0, 0.1) is 0 Å². The topological polar surface area (TPSA) is 58.2 Å². The van der Waals surface area contributed by atoms with Crippen molar-refractivity contribution in [3.63, 3.8) is 0 Å². The van der Waals surface area contributed by atoms with Gasteiger partial charge in [0.15, 0.2) is 0 Å². The number of alkyl halides is 1. The van der Waals surface area contributed by atoms with Gasteiger partial charge in [-0.1, -0.05) is 0 Å². The molecule has 0 radical (unpaired) electrons. The molecule has 13 heavy (non-hydrogen) atoms. The first kappa shape index (κ1) is 13.2. The summed E-state index contributed by atoms with van der Waals surface area (Å²) < 4.78 is 0. The molecule has 1 unspecified atom stereocenters. The number of unbranched alkanes of at least 4 members (excludes halogenated alkanes) is 1. The van der Waals surface area contributed by atoms with Gasteiger partial charge in [-0.05, 0) is 19.3 Å². The minimum atomic E-state index is -0.393. The fourth-order valence-electron chi connectivity index (χ4n) is 1.11. The van der Waals surface area contributed by atoms with Crippen molar-refractivity contribution in [3.05, 3.63) is 0 Å². The molecule has 1 heterocycles. The Balaban J connectivity index is 0.00000144. The van der Waals surface area contributed by atoms with Gasteiger partial charge in [0.1, 0.15) is 6.04 Å². The Hall–Kier alpha value is 0.230. The minimum Gasteiger partial charge on any atom is -0.326 e. The van der Waals surface area contributed by atoms with Crippen molar-refractivity contribution >= 4 is 23.5 Å². The Morgan fingerprint density at radius 3 is 2.46 bits per heavy atom. The van der Waals surface area contributed by atoms with E-state index in [1.54, 1.807) is 0 Å². The Kier molecular flexibility index (Phi) is 6.77. The number of nitrogens with one attached hydrogen (secondary N) is 2. The molecule has 2 N–H and O–H groups in total. The van der Waals surface area contributed by atoms with Crippen molar-refractivity contribution < 1.29 is 39.1 Å². The normalized spacial score (nSPS) is 20.5. The van der Waals surface area contributed by atoms with E-state index in [4.69, 9.17) is 11.6 Å². The molecule has 0 aliphatic carbocycles. The average molecular weight is 214 g/mol. The molecule has 0 saturated carbocycles. The maximum Gasteiger partial charge on any atom is 1.00 e. The molecule has 0 aromatic heterocycles. The van der Waals surface area contributed by atoms with Crippen molar-refractivity contribution in [2.45, 2.75) is 25.3 Å². The van der Waals surface area contributed by atoms with Crippen molar-refractivity contribution in [3.8, 4) is 0 Å². The summed E-state index contributed by atoms with van der Waals surface area (Å²) in [7, 11) is 0. The van der Waals surface area contributed by atoms with Gasteiger partial charge in [0.2, 0.25) is 0 Å². The average Bonchev–Trinajstić information content (AvgIpc) is 2.31. The molecule has 1 atom stereocenters. The third kappa shape index (κ3) is 4.31. The maximum absolute atomic E-state index is 11.0. The van der Waals surface area contributed by atoms with Crippen LogP contribution in [0.5, 0.6) is 0 Å². The zero-order valence-corrected chi connectivity index (χ0v) is 10.4. The first-order valence-electron chi connectivity index (χ1n) is 3.91. The van der Waals surface area contributed by atoms with Crippen LogP contribution in [0.25, 0.3) is 0 Å². The molecule has 1 rings (SSSR count). The second-order valence-corrected chi connectivity index (χ2v) is 3.08. The van der Waals surface area contributed by atoms with E-state index in [2.05, 4.69) is 10.6 Å². The molecule has 0 spiro atoms. The molecule has 6 heteroatoms. The van der Waals surface area contributed by atoms with Crippen LogP contribution < -0.4 is 40.2 Å². The number of hydrogen-bond donors (Lipinski definition) is 2. The molecular formula is C7H11ClN2NaO2+. The molecular weight excluding hydrogens is 203 g/mol. The van der Waals surface area contributed by atoms with Crippen LogP contribution in [-0.2, 0) is 4.79 Å². The zero-order chi connectivity index (χ0) is 8.97. The van der Waals surface area contributed by atoms with E-state index >= 15 is 0 Å². The molecule has 1 saturated heterocycles. The van der Waals surface area contributed by atoms with Crippen LogP contribution in [0.4, 0.5) is 4.79 Å². The number of imide groups is 1. The quantitative estimate of drug-likeness (QED) is 0.237. The summed E-state index contributed by atoms with van der Waals surface area (Å²) in [6.45, 7) is 0. The molecule has 0 aromatic carbocycles. The number of carbonyl (C=O) groups excluding carboxylic acids is 2. The van der Waals surface area contributed by atoms with Crippen LogP contribution in [0.15, 0.2) is 0 Å². The van der Waals surface area contributed by atoms with Gasteiger partial charge in [-0.2, -0.15) is 0 Å². The fraction of sp³-hybridized carbons (Fsp3) is 0.714. The van der Waals surface area contributed by atoms with Crippen LogP contribution in [0.2, 0.25) is 0 Å². The van der Waals surface area contributed by atoms with Crippen LogP contribution >= 0.6 is 11.6 Å². The van der Waals surface area contributed by atoms with Gasteiger partial charge in [0, 0.05) is 5.88 Å². The third-order valence-corrected chi connectivity index (χ3v) is 2.00. The smallest absolute Gasteiger partial charge is 0.326 e. The molecule has 3 amide bonds. The zero-order valence-electron chi connectivity index (χ0n) is 7.60. The van der Waals surface area contributed by atoms with Gasteiger partial charge < -0.3 is 5.32 Å². The van der Waals surface area contributed by atoms with Crippen LogP contribution in [0.1, 0.15) is 19.3 Å². The standard InChI is InChI=1S/C7H11ClN2O2.Na/c8-4-2-1-3-5-6(11)10-7(12)9-5;/h5H,1-4H2,(H2,9,10,11,12);/q;+1. The molecule has 68 valence electrons. The largest absolute Gasteiger partial charge is 1.00 e. The number of amides is 3. The SMILES string of the molecule is O=C1NC(=O)C(CCCCCl)N1.[Na+]. The van der Waals surface area contributed by atoms with E-state index in [9.17, 15) is 9.59 Å². The van der Waals surface area contributed by atoms with E-state index in [1.807, 2.05) is 0 Å². The van der Waals surface area contributed by atoms with E-state index in [0.29, 0.717) is 12.3 Å². The fourth-order valence-corrected chi connectivity index (χ4v) is 1.29. The summed E-state index contributed by atoms with van der Waals surface area (Å²) in [5, 5.41) is 4.69. The number of halogens is 1. The Morgan fingerprint density at radius 1 is 1.31 bits per heavy atom. The minimum absolute atomic E-state index is 0. The van der Waals surface area contributed by atoms with Crippen LogP contribution in [0.3, 0.4) is 0 Å². The van der Waals surface area contributed by atoms with Crippen LogP contribution in [-0.4, -0.2) is 23.9 Å². The molecule has 0 bridgehead atoms. The van der Waals surface area contributed by atoms with Crippen molar-refractivity contribution in [1.82, 2.24) is 10.6 Å². The monoisotopic (exact) mass is 213 g/mol. The van der Waals surface area contributed by atoms with Crippen molar-refractivity contribution in [2.24, 2.45) is 0 Å². The number of rotatable bonds is 4. The predicted octanol–water partition coefficient (Wildman–Crippen LogP) is -2.39. The maximum atomic E-state index is 11.0. The summed E-state index contributed by atoms with van der Waals surface area (Å²) in [4.78, 5) is 21.6. The summed E-state index contributed by atoms with van der Waals surface area (Å²) in [5.74, 6) is 0.372. The van der Waals surface area contributed by atoms with Gasteiger partial charge in [-0.3, -0.25) is 10.1 Å². The van der Waals surface area contributed by atoms with Crippen molar-refractivity contribution in [2.75, 3.05) is 5.88 Å². The summed E-state index contributed by atoms with van der Waals surface area (Å²) >= 11 is 5.46. The van der Waals surface area contributed by atoms with E-state index in [1.165, 1.54) is 0 Å². The summed E-state index contributed by atoms with van der Waals surface area (Å²) in [6.07, 6.45) is 2.41. The van der Waals surface area contributed by atoms with Gasteiger partial charge in [0.05, 0.1) is 0 Å². The first-order chi connectivity index (χ1) is 5.74. The molecule has 1 aliphatic heterocycles. The number of carbonyl (C=O) groups is 2. The van der Waals surface area contributed by atoms with Gasteiger partial charge in [0.25, 0.3) is 5.91 Å². The van der Waals surface area contributed by atoms with Gasteiger partial charge >= 0.3 is 35.6 Å². The number of urea groups is 1. The predicted molar refractivity (Wildman–Crippen MR) is 45.0 cm³/mol. The molecule has 0 aromatic rings. The molecule has 1 fully saturated rings. The molecule has 1 aliphatic rings.